The lowest BCUT2D eigenvalue weighted by Crippen LogP contribution is -2.30. The predicted octanol–water partition coefficient (Wildman–Crippen LogP) is 2.87. The molecule has 0 radical (unpaired) electrons. The number of carboxylic acids is 1. The SMILES string of the molecule is CC(CCC(=O)O)NC(C)c1cc(F)ccc1F. The molecule has 0 aliphatic rings. The Bertz CT molecular complexity index is 423. The van der Waals surface area contributed by atoms with Crippen LogP contribution in [0.3, 0.4) is 0 Å². The molecule has 0 aliphatic carbocycles. The third-order valence-electron chi connectivity index (χ3n) is 2.75. The van der Waals surface area contributed by atoms with Crippen molar-refractivity contribution in [2.24, 2.45) is 0 Å². The van der Waals surface area contributed by atoms with Crippen molar-refractivity contribution in [1.82, 2.24) is 5.32 Å². The normalized spacial score (nSPS) is 14.2. The van der Waals surface area contributed by atoms with Crippen LogP contribution in [0, 0.1) is 11.6 Å². The molecular formula is C13H17F2NO2. The Hall–Kier alpha value is -1.49. The average Bonchev–Trinajstić information content (AvgIpc) is 2.29. The smallest absolute Gasteiger partial charge is 0.303 e. The summed E-state index contributed by atoms with van der Waals surface area (Å²) in [5.41, 5.74) is 0.247. The van der Waals surface area contributed by atoms with Crippen LogP contribution in [0.1, 0.15) is 38.3 Å². The summed E-state index contributed by atoms with van der Waals surface area (Å²) in [7, 11) is 0. The highest BCUT2D eigenvalue weighted by molar-refractivity contribution is 5.66. The summed E-state index contributed by atoms with van der Waals surface area (Å²) < 4.78 is 26.5. The van der Waals surface area contributed by atoms with Gasteiger partial charge in [0.15, 0.2) is 0 Å². The lowest BCUT2D eigenvalue weighted by Gasteiger charge is -2.20. The lowest BCUT2D eigenvalue weighted by atomic mass is 10.1. The van der Waals surface area contributed by atoms with Crippen molar-refractivity contribution in [3.05, 3.63) is 35.4 Å². The van der Waals surface area contributed by atoms with Gasteiger partial charge in [0.2, 0.25) is 0 Å². The summed E-state index contributed by atoms with van der Waals surface area (Å²) >= 11 is 0. The van der Waals surface area contributed by atoms with Gasteiger partial charge in [-0.2, -0.15) is 0 Å². The minimum absolute atomic E-state index is 0.0481. The van der Waals surface area contributed by atoms with Gasteiger partial charge in [-0.3, -0.25) is 4.79 Å². The van der Waals surface area contributed by atoms with E-state index in [1.807, 2.05) is 6.92 Å². The minimum atomic E-state index is -0.867. The van der Waals surface area contributed by atoms with E-state index in [9.17, 15) is 13.6 Å². The second-order valence-corrected chi connectivity index (χ2v) is 4.39. The van der Waals surface area contributed by atoms with Crippen molar-refractivity contribution in [1.29, 1.82) is 0 Å². The van der Waals surface area contributed by atoms with Crippen LogP contribution in [-0.4, -0.2) is 17.1 Å². The zero-order valence-corrected chi connectivity index (χ0v) is 10.4. The first-order valence-corrected chi connectivity index (χ1v) is 5.83. The van der Waals surface area contributed by atoms with Gasteiger partial charge in [-0.05, 0) is 38.5 Å². The highest BCUT2D eigenvalue weighted by atomic mass is 19.1. The Morgan fingerprint density at radius 3 is 2.67 bits per heavy atom. The zero-order valence-electron chi connectivity index (χ0n) is 10.4. The van der Waals surface area contributed by atoms with Gasteiger partial charge >= 0.3 is 5.97 Å². The quantitative estimate of drug-likeness (QED) is 0.823. The summed E-state index contributed by atoms with van der Waals surface area (Å²) in [5, 5.41) is 11.6. The molecule has 0 aromatic heterocycles. The number of carboxylic acid groups (broad SMARTS) is 1. The molecule has 0 spiro atoms. The summed E-state index contributed by atoms with van der Waals surface area (Å²) in [6.45, 7) is 3.53. The maximum atomic E-state index is 13.5. The summed E-state index contributed by atoms with van der Waals surface area (Å²) in [6, 6.07) is 2.85. The number of hydrogen-bond donors (Lipinski definition) is 2. The molecule has 2 atom stereocenters. The molecule has 0 heterocycles. The van der Waals surface area contributed by atoms with Crippen molar-refractivity contribution < 1.29 is 18.7 Å². The molecule has 0 fully saturated rings. The first-order valence-electron chi connectivity index (χ1n) is 5.83. The fourth-order valence-corrected chi connectivity index (χ4v) is 1.79. The summed E-state index contributed by atoms with van der Waals surface area (Å²) in [6.07, 6.45) is 0.489. The van der Waals surface area contributed by atoms with Gasteiger partial charge in [-0.25, -0.2) is 8.78 Å². The molecule has 2 unspecified atom stereocenters. The highest BCUT2D eigenvalue weighted by Crippen LogP contribution is 2.19. The van der Waals surface area contributed by atoms with Gasteiger partial charge in [0.05, 0.1) is 0 Å². The van der Waals surface area contributed by atoms with Gasteiger partial charge in [0, 0.05) is 24.1 Å². The van der Waals surface area contributed by atoms with Crippen molar-refractivity contribution in [2.45, 2.75) is 38.8 Å². The molecule has 18 heavy (non-hydrogen) atoms. The van der Waals surface area contributed by atoms with Crippen molar-refractivity contribution in [2.75, 3.05) is 0 Å². The van der Waals surface area contributed by atoms with Gasteiger partial charge in [-0.15, -0.1) is 0 Å². The molecule has 0 bridgehead atoms. The van der Waals surface area contributed by atoms with Crippen LogP contribution in [0.4, 0.5) is 8.78 Å². The number of benzene rings is 1. The highest BCUT2D eigenvalue weighted by Gasteiger charge is 2.14. The van der Waals surface area contributed by atoms with Crippen LogP contribution in [-0.2, 0) is 4.79 Å². The zero-order chi connectivity index (χ0) is 13.7. The Balaban J connectivity index is 2.61. The third-order valence-corrected chi connectivity index (χ3v) is 2.75. The monoisotopic (exact) mass is 257 g/mol. The van der Waals surface area contributed by atoms with Crippen LogP contribution in [0.15, 0.2) is 18.2 Å². The molecule has 0 aliphatic heterocycles. The molecule has 0 saturated carbocycles. The molecule has 0 saturated heterocycles. The van der Waals surface area contributed by atoms with Gasteiger partial charge < -0.3 is 10.4 Å². The fourth-order valence-electron chi connectivity index (χ4n) is 1.79. The predicted molar refractivity (Wildman–Crippen MR) is 64.2 cm³/mol. The number of halogens is 2. The van der Waals surface area contributed by atoms with Gasteiger partial charge in [0.25, 0.3) is 0 Å². The molecule has 1 rings (SSSR count). The number of carbonyl (C=O) groups is 1. The first-order chi connectivity index (χ1) is 8.40. The van der Waals surface area contributed by atoms with E-state index < -0.39 is 17.6 Å². The van der Waals surface area contributed by atoms with Crippen molar-refractivity contribution in [3.63, 3.8) is 0 Å². The molecule has 1 aromatic carbocycles. The Kier molecular flexibility index (Phi) is 5.22. The largest absolute Gasteiger partial charge is 0.481 e. The van der Waals surface area contributed by atoms with Crippen molar-refractivity contribution in [3.8, 4) is 0 Å². The second kappa shape index (κ2) is 6.44. The standard InChI is InChI=1S/C13H17F2NO2/c1-8(3-6-13(17)18)16-9(2)11-7-10(14)4-5-12(11)15/h4-5,7-9,16H,3,6H2,1-2H3,(H,17,18). The first kappa shape index (κ1) is 14.6. The Morgan fingerprint density at radius 1 is 1.39 bits per heavy atom. The Morgan fingerprint density at radius 2 is 2.06 bits per heavy atom. The minimum Gasteiger partial charge on any atom is -0.481 e. The van der Waals surface area contributed by atoms with Crippen LogP contribution >= 0.6 is 0 Å². The summed E-state index contributed by atoms with van der Waals surface area (Å²) in [4.78, 5) is 10.4. The van der Waals surface area contributed by atoms with Gasteiger partial charge in [-0.1, -0.05) is 0 Å². The maximum Gasteiger partial charge on any atom is 0.303 e. The lowest BCUT2D eigenvalue weighted by molar-refractivity contribution is -0.137. The van der Waals surface area contributed by atoms with Crippen LogP contribution < -0.4 is 5.32 Å². The van der Waals surface area contributed by atoms with E-state index in [0.717, 1.165) is 18.2 Å². The van der Waals surface area contributed by atoms with E-state index in [4.69, 9.17) is 5.11 Å². The second-order valence-electron chi connectivity index (χ2n) is 4.39. The summed E-state index contributed by atoms with van der Waals surface area (Å²) in [5.74, 6) is -1.83. The Labute approximate surface area is 105 Å². The van der Waals surface area contributed by atoms with E-state index in [1.165, 1.54) is 0 Å². The third kappa shape index (κ3) is 4.41. The number of nitrogens with one attached hydrogen (secondary N) is 1. The molecule has 1 aromatic rings. The van der Waals surface area contributed by atoms with Gasteiger partial charge in [0.1, 0.15) is 11.6 Å². The van der Waals surface area contributed by atoms with Crippen LogP contribution in [0.5, 0.6) is 0 Å². The number of hydrogen-bond acceptors (Lipinski definition) is 2. The van der Waals surface area contributed by atoms with E-state index in [0.29, 0.717) is 6.42 Å². The van der Waals surface area contributed by atoms with Crippen LogP contribution in [0.2, 0.25) is 0 Å². The molecule has 100 valence electrons. The maximum absolute atomic E-state index is 13.5. The number of rotatable bonds is 6. The average molecular weight is 257 g/mol. The molecule has 0 amide bonds. The molecule has 3 nitrogen and oxygen atoms in total. The van der Waals surface area contributed by atoms with E-state index in [1.54, 1.807) is 6.92 Å². The fraction of sp³-hybridized carbons (Fsp3) is 0.462. The topological polar surface area (TPSA) is 49.3 Å². The van der Waals surface area contributed by atoms with E-state index >= 15 is 0 Å². The van der Waals surface area contributed by atoms with Crippen molar-refractivity contribution >= 4 is 5.97 Å². The van der Waals surface area contributed by atoms with E-state index in [2.05, 4.69) is 5.32 Å². The van der Waals surface area contributed by atoms with E-state index in [-0.39, 0.29) is 24.1 Å². The molecule has 5 heteroatoms. The molecular weight excluding hydrogens is 240 g/mol. The van der Waals surface area contributed by atoms with Crippen LogP contribution in [0.25, 0.3) is 0 Å². The number of aliphatic carboxylic acids is 1. The molecule has 2 N–H and O–H groups in total.